The number of aliphatic hydroxyl groups is 6. The van der Waals surface area contributed by atoms with Gasteiger partial charge < -0.3 is 60.2 Å². The molecular formula is C17H29N3O18P2. The largest absolute Gasteiger partial charge is 0.481 e. The van der Waals surface area contributed by atoms with Crippen LogP contribution in [0.15, 0.2) is 21.9 Å². The lowest BCUT2D eigenvalue weighted by Gasteiger charge is -2.25. The molecule has 5 unspecified atom stereocenters. The first-order chi connectivity index (χ1) is 18.3. The number of carbonyl (C=O) groups is 2. The van der Waals surface area contributed by atoms with E-state index in [0.29, 0.717) is 0 Å². The molecule has 1 aromatic heterocycles. The van der Waals surface area contributed by atoms with E-state index in [4.69, 9.17) is 29.6 Å². The number of amides is 1. The summed E-state index contributed by atoms with van der Waals surface area (Å²) in [5.74, 6) is -0.558. The van der Waals surface area contributed by atoms with E-state index in [1.165, 1.54) is 0 Å². The summed E-state index contributed by atoms with van der Waals surface area (Å²) in [6.07, 6.45) is -9.97. The average molecular weight is 625 g/mol. The average Bonchev–Trinajstić information content (AvgIpc) is 3.12. The van der Waals surface area contributed by atoms with E-state index in [1.54, 1.807) is 0 Å². The molecule has 230 valence electrons. The predicted molar refractivity (Wildman–Crippen MR) is 125 cm³/mol. The van der Waals surface area contributed by atoms with Gasteiger partial charge in [0.15, 0.2) is 6.23 Å². The van der Waals surface area contributed by atoms with E-state index in [1.807, 2.05) is 4.98 Å². The minimum atomic E-state index is -5.32. The molecule has 1 aliphatic heterocycles. The van der Waals surface area contributed by atoms with Crippen LogP contribution in [0, 0.1) is 0 Å². The van der Waals surface area contributed by atoms with E-state index >= 15 is 0 Å². The van der Waals surface area contributed by atoms with Crippen molar-refractivity contribution < 1.29 is 77.6 Å². The van der Waals surface area contributed by atoms with Crippen molar-refractivity contribution in [1.29, 1.82) is 0 Å². The van der Waals surface area contributed by atoms with Crippen LogP contribution in [0.3, 0.4) is 0 Å². The molecule has 9 atom stereocenters. The number of nitrogens with zero attached hydrogens (tertiary/aromatic N) is 1. The lowest BCUT2D eigenvalue weighted by molar-refractivity contribution is -0.129. The Morgan fingerprint density at radius 1 is 1.18 bits per heavy atom. The number of nitrogens with one attached hydrogen (secondary N) is 2. The molecule has 1 fully saturated rings. The Balaban J connectivity index is 0.000000459. The molecule has 1 aromatic rings. The molecule has 40 heavy (non-hydrogen) atoms. The quantitative estimate of drug-likeness (QED) is 0.0760. The molecule has 1 amide bonds. The van der Waals surface area contributed by atoms with E-state index in [-0.39, 0.29) is 6.29 Å². The molecule has 0 radical (unpaired) electrons. The highest BCUT2D eigenvalue weighted by atomic mass is 31.3. The van der Waals surface area contributed by atoms with Crippen LogP contribution in [-0.2, 0) is 32.3 Å². The van der Waals surface area contributed by atoms with Gasteiger partial charge in [0, 0.05) is 19.2 Å². The minimum Gasteiger partial charge on any atom is -0.394 e. The Labute approximate surface area is 223 Å². The summed E-state index contributed by atoms with van der Waals surface area (Å²) in [6, 6.07) is -0.359. The SMILES string of the molecule is CC(=O)NC(C=O)C(O)C(O)C(O)CO.O=c1ccn([C@@H]2O[C@H](COP(=O)(O)OP(=O)(O)O)[C@@H](O)[C@H]2O)c(=O)[nH]1. The summed E-state index contributed by atoms with van der Waals surface area (Å²) in [5.41, 5.74) is -1.65. The first-order valence-corrected chi connectivity index (χ1v) is 13.8. The molecule has 11 N–H and O–H groups in total. The number of aliphatic hydroxyl groups excluding tert-OH is 6. The van der Waals surface area contributed by atoms with Crippen LogP contribution in [0.25, 0.3) is 0 Å². The third-order valence-electron chi connectivity index (χ3n) is 4.89. The van der Waals surface area contributed by atoms with Crippen molar-refractivity contribution in [2.24, 2.45) is 0 Å². The van der Waals surface area contributed by atoms with Crippen molar-refractivity contribution in [3.8, 4) is 0 Å². The molecule has 0 bridgehead atoms. The van der Waals surface area contributed by atoms with Crippen LogP contribution in [0.1, 0.15) is 13.2 Å². The van der Waals surface area contributed by atoms with Gasteiger partial charge in [-0.2, -0.15) is 4.31 Å². The Morgan fingerprint density at radius 2 is 1.77 bits per heavy atom. The van der Waals surface area contributed by atoms with Crippen LogP contribution < -0.4 is 16.6 Å². The molecule has 21 nitrogen and oxygen atoms in total. The van der Waals surface area contributed by atoms with Crippen molar-refractivity contribution in [3.05, 3.63) is 33.1 Å². The van der Waals surface area contributed by atoms with Crippen LogP contribution in [0.2, 0.25) is 0 Å². The van der Waals surface area contributed by atoms with Gasteiger partial charge in [0.1, 0.15) is 49.0 Å². The first-order valence-electron chi connectivity index (χ1n) is 10.8. The number of phosphoric acid groups is 2. The molecule has 0 aromatic carbocycles. The molecule has 0 saturated carbocycles. The maximum atomic E-state index is 11.7. The predicted octanol–water partition coefficient (Wildman–Crippen LogP) is -5.85. The fourth-order valence-corrected chi connectivity index (χ4v) is 4.63. The Morgan fingerprint density at radius 3 is 2.25 bits per heavy atom. The number of ether oxygens (including phenoxy) is 1. The smallest absolute Gasteiger partial charge is 0.394 e. The fraction of sp³-hybridized carbons (Fsp3) is 0.647. The highest BCUT2D eigenvalue weighted by Crippen LogP contribution is 2.57. The van der Waals surface area contributed by atoms with Gasteiger partial charge in [-0.05, 0) is 0 Å². The van der Waals surface area contributed by atoms with Gasteiger partial charge >= 0.3 is 21.3 Å². The Kier molecular flexibility index (Phi) is 13.6. The third-order valence-corrected chi connectivity index (χ3v) is 7.04. The number of aromatic amines is 1. The third kappa shape index (κ3) is 11.0. The number of hydrogen-bond acceptors (Lipinski definition) is 15. The zero-order valence-corrected chi connectivity index (χ0v) is 22.1. The molecule has 0 aliphatic carbocycles. The van der Waals surface area contributed by atoms with Gasteiger partial charge in [-0.1, -0.05) is 0 Å². The van der Waals surface area contributed by atoms with Gasteiger partial charge in [-0.15, -0.1) is 0 Å². The molecule has 2 heterocycles. The van der Waals surface area contributed by atoms with E-state index < -0.39 is 94.9 Å². The van der Waals surface area contributed by atoms with Gasteiger partial charge in [0.25, 0.3) is 5.56 Å². The van der Waals surface area contributed by atoms with Crippen LogP contribution >= 0.6 is 15.6 Å². The second kappa shape index (κ2) is 15.1. The van der Waals surface area contributed by atoms with Gasteiger partial charge in [-0.3, -0.25) is 23.7 Å². The number of H-pyrrole nitrogens is 1. The molecular weight excluding hydrogens is 596 g/mol. The minimum absolute atomic E-state index is 0.235. The molecule has 0 spiro atoms. The van der Waals surface area contributed by atoms with Crippen molar-refractivity contribution in [1.82, 2.24) is 14.9 Å². The standard InChI is InChI=1S/C9H14N2O12P2.C8H15NO6/c12-5-1-2-11(9(15)10-5)8-7(14)6(13)4(22-8)3-21-25(19,20)23-24(16,17)18;1-4(12)9-5(2-10)7(14)8(15)6(13)3-11/h1-2,4,6-8,13-14H,3H2,(H,19,20)(H,10,12,15)(H2,16,17,18);2,5-8,11,13-15H,3H2,1H3,(H,9,12)/t4-,6-,7-,8-;/m1./s1. The van der Waals surface area contributed by atoms with Crippen molar-refractivity contribution in [2.45, 2.75) is 55.8 Å². The summed E-state index contributed by atoms with van der Waals surface area (Å²) >= 11 is 0. The summed E-state index contributed by atoms with van der Waals surface area (Å²) < 4.78 is 35.6. The Bertz CT molecular complexity index is 1200. The summed E-state index contributed by atoms with van der Waals surface area (Å²) in [4.78, 5) is 71.8. The summed E-state index contributed by atoms with van der Waals surface area (Å²) in [5, 5.41) is 57.9. The normalized spacial score (nSPS) is 25.4. The summed E-state index contributed by atoms with van der Waals surface area (Å²) in [7, 11) is -10.5. The highest BCUT2D eigenvalue weighted by molar-refractivity contribution is 7.60. The molecule has 2 rings (SSSR count). The fourth-order valence-electron chi connectivity index (χ4n) is 3.03. The number of aldehydes is 1. The number of aromatic nitrogens is 2. The monoisotopic (exact) mass is 625 g/mol. The van der Waals surface area contributed by atoms with Gasteiger partial charge in [0.05, 0.1) is 13.2 Å². The summed E-state index contributed by atoms with van der Waals surface area (Å²) in [6.45, 7) is -0.525. The molecule has 1 aliphatic rings. The number of rotatable bonds is 12. The van der Waals surface area contributed by atoms with E-state index in [9.17, 15) is 48.7 Å². The van der Waals surface area contributed by atoms with E-state index in [2.05, 4.69) is 14.2 Å². The van der Waals surface area contributed by atoms with E-state index in [0.717, 1.165) is 23.8 Å². The topological polar surface area (TPSA) is 345 Å². The first kappa shape index (κ1) is 35.8. The van der Waals surface area contributed by atoms with Crippen molar-refractivity contribution >= 4 is 27.8 Å². The maximum Gasteiger partial charge on any atom is 0.481 e. The Hall–Kier alpha value is -2.20. The number of carbonyl (C=O) groups excluding carboxylic acids is 2. The van der Waals surface area contributed by atoms with Crippen LogP contribution in [0.4, 0.5) is 0 Å². The zero-order valence-electron chi connectivity index (χ0n) is 20.3. The van der Waals surface area contributed by atoms with Crippen molar-refractivity contribution in [3.63, 3.8) is 0 Å². The molecule has 1 saturated heterocycles. The van der Waals surface area contributed by atoms with Gasteiger partial charge in [0.2, 0.25) is 5.91 Å². The maximum absolute atomic E-state index is 11.7. The zero-order chi connectivity index (χ0) is 31.0. The number of phosphoric ester groups is 1. The lowest BCUT2D eigenvalue weighted by Crippen LogP contribution is -2.53. The lowest BCUT2D eigenvalue weighted by atomic mass is 10.0. The van der Waals surface area contributed by atoms with Gasteiger partial charge in [-0.25, -0.2) is 13.9 Å². The second-order valence-electron chi connectivity index (χ2n) is 7.99. The second-order valence-corrected chi connectivity index (χ2v) is 10.8. The van der Waals surface area contributed by atoms with Crippen LogP contribution in [-0.4, -0.2) is 123 Å². The molecule has 23 heteroatoms. The van der Waals surface area contributed by atoms with Crippen LogP contribution in [0.5, 0.6) is 0 Å². The van der Waals surface area contributed by atoms with Crippen molar-refractivity contribution in [2.75, 3.05) is 13.2 Å². The number of hydrogen-bond donors (Lipinski definition) is 11. The highest BCUT2D eigenvalue weighted by Gasteiger charge is 2.45.